The molecule has 27 heavy (non-hydrogen) atoms. The lowest BCUT2D eigenvalue weighted by molar-refractivity contribution is -0.113. The van der Waals surface area contributed by atoms with E-state index in [1.807, 2.05) is 41.1 Å². The molecule has 136 valence electrons. The van der Waals surface area contributed by atoms with Crippen LogP contribution < -0.4 is 10.1 Å². The number of aromatic nitrogens is 2. The number of halogens is 1. The van der Waals surface area contributed by atoms with Crippen LogP contribution in [0.25, 0.3) is 5.69 Å². The summed E-state index contributed by atoms with van der Waals surface area (Å²) in [6, 6.07) is 14.3. The smallest absolute Gasteiger partial charge is 0.234 e. The molecule has 3 aromatic rings. The molecule has 2 aromatic carbocycles. The van der Waals surface area contributed by atoms with Crippen LogP contribution in [0.3, 0.4) is 0 Å². The maximum Gasteiger partial charge on any atom is 0.234 e. The number of hydrogen-bond donors (Lipinski definition) is 1. The van der Waals surface area contributed by atoms with Crippen LogP contribution in [0.1, 0.15) is 5.56 Å². The molecule has 0 atom stereocenters. The third-order valence-electron chi connectivity index (χ3n) is 3.65. The lowest BCUT2D eigenvalue weighted by Gasteiger charge is -2.10. The van der Waals surface area contributed by atoms with E-state index in [1.54, 1.807) is 31.5 Å². The Morgan fingerprint density at radius 2 is 2.22 bits per heavy atom. The molecule has 0 aliphatic carbocycles. The summed E-state index contributed by atoms with van der Waals surface area (Å²) < 4.78 is 7.12. The predicted molar refractivity (Wildman–Crippen MR) is 106 cm³/mol. The van der Waals surface area contributed by atoms with E-state index < -0.39 is 0 Å². The Balaban J connectivity index is 1.69. The molecule has 0 bridgehead atoms. The van der Waals surface area contributed by atoms with Gasteiger partial charge in [-0.3, -0.25) is 9.36 Å². The van der Waals surface area contributed by atoms with Crippen molar-refractivity contribution in [2.45, 2.75) is 5.16 Å². The number of methoxy groups -OCH3 is 1. The van der Waals surface area contributed by atoms with Gasteiger partial charge in [0.15, 0.2) is 5.16 Å². The molecule has 8 heteroatoms. The first-order valence-corrected chi connectivity index (χ1v) is 9.27. The fraction of sp³-hybridized carbons (Fsp3) is 0.105. The van der Waals surface area contributed by atoms with Crippen molar-refractivity contribution in [3.05, 3.63) is 65.4 Å². The van der Waals surface area contributed by atoms with Crippen molar-refractivity contribution in [1.82, 2.24) is 9.55 Å². The fourth-order valence-corrected chi connectivity index (χ4v) is 3.33. The lowest BCUT2D eigenvalue weighted by Crippen LogP contribution is -2.15. The Morgan fingerprint density at radius 3 is 3.00 bits per heavy atom. The highest BCUT2D eigenvalue weighted by Crippen LogP contribution is 2.24. The third-order valence-corrected chi connectivity index (χ3v) is 4.85. The van der Waals surface area contributed by atoms with Crippen LogP contribution in [-0.2, 0) is 4.79 Å². The standard InChI is InChI=1S/C19H15ClN4O2S/c1-26-16-4-2-3-15(10-16)24-8-7-22-19(24)27-12-18(25)23-17-9-14(20)6-5-13(17)11-21/h2-10H,12H2,1H3,(H,23,25). The number of hydrogen-bond acceptors (Lipinski definition) is 5. The van der Waals surface area contributed by atoms with Crippen molar-refractivity contribution in [2.75, 3.05) is 18.2 Å². The van der Waals surface area contributed by atoms with E-state index in [9.17, 15) is 4.79 Å². The zero-order valence-corrected chi connectivity index (χ0v) is 15.9. The van der Waals surface area contributed by atoms with Crippen molar-refractivity contribution in [2.24, 2.45) is 0 Å². The van der Waals surface area contributed by atoms with Crippen LogP contribution in [0.4, 0.5) is 5.69 Å². The average Bonchev–Trinajstić information content (AvgIpc) is 3.15. The number of ether oxygens (including phenoxy) is 1. The molecular formula is C19H15ClN4O2S. The number of amides is 1. The van der Waals surface area contributed by atoms with Gasteiger partial charge in [-0.25, -0.2) is 4.98 Å². The highest BCUT2D eigenvalue weighted by atomic mass is 35.5. The van der Waals surface area contributed by atoms with Gasteiger partial charge in [-0.2, -0.15) is 5.26 Å². The monoisotopic (exact) mass is 398 g/mol. The van der Waals surface area contributed by atoms with E-state index in [0.717, 1.165) is 11.4 Å². The first-order chi connectivity index (χ1) is 13.1. The van der Waals surface area contributed by atoms with E-state index in [0.29, 0.717) is 21.4 Å². The van der Waals surface area contributed by atoms with Gasteiger partial charge < -0.3 is 10.1 Å². The number of thioether (sulfide) groups is 1. The van der Waals surface area contributed by atoms with E-state index in [1.165, 1.54) is 11.8 Å². The van der Waals surface area contributed by atoms with E-state index in [4.69, 9.17) is 21.6 Å². The topological polar surface area (TPSA) is 79.9 Å². The molecule has 1 heterocycles. The summed E-state index contributed by atoms with van der Waals surface area (Å²) in [7, 11) is 1.61. The maximum absolute atomic E-state index is 12.3. The molecule has 3 rings (SSSR count). The van der Waals surface area contributed by atoms with Crippen LogP contribution in [-0.4, -0.2) is 28.3 Å². The van der Waals surface area contributed by atoms with Crippen LogP contribution in [0.2, 0.25) is 5.02 Å². The fourth-order valence-electron chi connectivity index (χ4n) is 2.39. The number of rotatable bonds is 6. The minimum atomic E-state index is -0.251. The van der Waals surface area contributed by atoms with Crippen molar-refractivity contribution in [3.8, 4) is 17.5 Å². The number of anilines is 1. The summed E-state index contributed by atoms with van der Waals surface area (Å²) in [4.78, 5) is 16.6. The van der Waals surface area contributed by atoms with Gasteiger partial charge in [0.05, 0.1) is 29.8 Å². The van der Waals surface area contributed by atoms with E-state index >= 15 is 0 Å². The number of benzene rings is 2. The Bertz CT molecular complexity index is 1010. The molecule has 1 amide bonds. The Kier molecular flexibility index (Phi) is 6.01. The van der Waals surface area contributed by atoms with Gasteiger partial charge in [-0.15, -0.1) is 0 Å². The molecular weight excluding hydrogens is 384 g/mol. The van der Waals surface area contributed by atoms with Crippen LogP contribution in [0.5, 0.6) is 5.75 Å². The highest BCUT2D eigenvalue weighted by Gasteiger charge is 2.12. The van der Waals surface area contributed by atoms with E-state index in [-0.39, 0.29) is 11.7 Å². The van der Waals surface area contributed by atoms with Gasteiger partial charge in [0.25, 0.3) is 0 Å². The minimum absolute atomic E-state index is 0.137. The summed E-state index contributed by atoms with van der Waals surface area (Å²) in [6.45, 7) is 0. The largest absolute Gasteiger partial charge is 0.497 e. The second-order valence-corrected chi connectivity index (χ2v) is 6.80. The molecule has 0 unspecified atom stereocenters. The van der Waals surface area contributed by atoms with Crippen molar-refractivity contribution >= 4 is 35.0 Å². The molecule has 0 aliphatic rings. The van der Waals surface area contributed by atoms with Crippen molar-refractivity contribution < 1.29 is 9.53 Å². The van der Waals surface area contributed by atoms with Gasteiger partial charge in [-0.05, 0) is 30.3 Å². The molecule has 1 N–H and O–H groups in total. The number of carbonyl (C=O) groups excluding carboxylic acids is 1. The highest BCUT2D eigenvalue weighted by molar-refractivity contribution is 7.99. The average molecular weight is 399 g/mol. The molecule has 0 saturated heterocycles. The number of nitrogens with zero attached hydrogens (tertiary/aromatic N) is 3. The Labute approximate surface area is 165 Å². The van der Waals surface area contributed by atoms with Crippen molar-refractivity contribution in [3.63, 3.8) is 0 Å². The summed E-state index contributed by atoms with van der Waals surface area (Å²) >= 11 is 7.23. The SMILES string of the molecule is COc1cccc(-n2ccnc2SCC(=O)Nc2cc(Cl)ccc2C#N)c1. The third kappa shape index (κ3) is 4.61. The number of imidazole rings is 1. The molecule has 0 radical (unpaired) electrons. The summed E-state index contributed by atoms with van der Waals surface area (Å²) in [5, 5.41) is 13.0. The van der Waals surface area contributed by atoms with E-state index in [2.05, 4.69) is 10.3 Å². The molecule has 0 saturated carbocycles. The predicted octanol–water partition coefficient (Wildman–Crippen LogP) is 4.14. The van der Waals surface area contributed by atoms with Gasteiger partial charge in [-0.1, -0.05) is 29.4 Å². The van der Waals surface area contributed by atoms with Crippen LogP contribution >= 0.6 is 23.4 Å². The molecule has 0 fully saturated rings. The summed E-state index contributed by atoms with van der Waals surface area (Å²) in [5.41, 5.74) is 1.64. The second-order valence-electron chi connectivity index (χ2n) is 5.42. The molecule has 0 spiro atoms. The zero-order valence-electron chi connectivity index (χ0n) is 14.3. The summed E-state index contributed by atoms with van der Waals surface area (Å²) in [5.74, 6) is 0.622. The van der Waals surface area contributed by atoms with Gasteiger partial charge >= 0.3 is 0 Å². The van der Waals surface area contributed by atoms with Crippen molar-refractivity contribution in [1.29, 1.82) is 5.26 Å². The Morgan fingerprint density at radius 1 is 1.37 bits per heavy atom. The Hall–Kier alpha value is -2.95. The van der Waals surface area contributed by atoms with Gasteiger partial charge in [0.2, 0.25) is 5.91 Å². The van der Waals surface area contributed by atoms with Gasteiger partial charge in [0.1, 0.15) is 11.8 Å². The molecule has 0 aliphatic heterocycles. The van der Waals surface area contributed by atoms with Crippen LogP contribution in [0.15, 0.2) is 60.0 Å². The summed E-state index contributed by atoms with van der Waals surface area (Å²) in [6.07, 6.45) is 3.49. The number of carbonyl (C=O) groups is 1. The maximum atomic E-state index is 12.3. The first-order valence-electron chi connectivity index (χ1n) is 7.91. The quantitative estimate of drug-likeness (QED) is 0.631. The second kappa shape index (κ2) is 8.62. The number of nitriles is 1. The molecule has 6 nitrogen and oxygen atoms in total. The number of nitrogens with one attached hydrogen (secondary N) is 1. The normalized spacial score (nSPS) is 10.3. The lowest BCUT2D eigenvalue weighted by atomic mass is 10.2. The zero-order chi connectivity index (χ0) is 19.2. The van der Waals surface area contributed by atoms with Gasteiger partial charge in [0, 0.05) is 23.5 Å². The minimum Gasteiger partial charge on any atom is -0.497 e. The van der Waals surface area contributed by atoms with Crippen LogP contribution in [0, 0.1) is 11.3 Å². The molecule has 1 aromatic heterocycles. The first kappa shape index (κ1) is 18.8.